The van der Waals surface area contributed by atoms with Crippen molar-refractivity contribution in [3.63, 3.8) is 0 Å². The molecule has 0 aliphatic carbocycles. The Labute approximate surface area is 176 Å². The molecule has 2 heterocycles. The summed E-state index contributed by atoms with van der Waals surface area (Å²) in [6.07, 6.45) is 0. The molecule has 2 aromatic heterocycles. The summed E-state index contributed by atoms with van der Waals surface area (Å²) >= 11 is 2.79. The van der Waals surface area contributed by atoms with Crippen LogP contribution in [0.15, 0.2) is 77.5 Å². The largest absolute Gasteiger partial charge is 0.347 e. The molecule has 144 valence electrons. The van der Waals surface area contributed by atoms with E-state index in [1.165, 1.54) is 22.7 Å². The Balaban J connectivity index is 1.35. The van der Waals surface area contributed by atoms with Gasteiger partial charge in [-0.2, -0.15) is 0 Å². The van der Waals surface area contributed by atoms with Crippen LogP contribution < -0.4 is 10.6 Å². The Morgan fingerprint density at radius 1 is 0.862 bits per heavy atom. The van der Waals surface area contributed by atoms with Crippen molar-refractivity contribution in [3.05, 3.63) is 93.5 Å². The molecule has 0 atom stereocenters. The maximum atomic E-state index is 12.5. The lowest BCUT2D eigenvalue weighted by molar-refractivity contribution is 0.0953. The predicted octanol–water partition coefficient (Wildman–Crippen LogP) is 5.05. The van der Waals surface area contributed by atoms with Crippen molar-refractivity contribution in [1.82, 2.24) is 10.3 Å². The van der Waals surface area contributed by atoms with Crippen molar-refractivity contribution in [3.8, 4) is 11.3 Å². The fourth-order valence-electron chi connectivity index (χ4n) is 2.69. The lowest BCUT2D eigenvalue weighted by Crippen LogP contribution is -2.21. The monoisotopic (exact) mass is 419 g/mol. The average molecular weight is 420 g/mol. The van der Waals surface area contributed by atoms with Crippen LogP contribution in [0, 0.1) is 0 Å². The molecule has 2 amide bonds. The van der Waals surface area contributed by atoms with Crippen molar-refractivity contribution >= 4 is 39.6 Å². The molecule has 2 N–H and O–H groups in total. The van der Waals surface area contributed by atoms with Crippen LogP contribution in [0.4, 0.5) is 5.13 Å². The molecule has 0 saturated heterocycles. The highest BCUT2D eigenvalue weighted by Gasteiger charge is 2.11. The first-order valence-corrected chi connectivity index (χ1v) is 10.7. The normalized spacial score (nSPS) is 10.5. The van der Waals surface area contributed by atoms with Crippen LogP contribution in [0.1, 0.15) is 25.6 Å². The first-order valence-electron chi connectivity index (χ1n) is 8.92. The number of benzene rings is 2. The van der Waals surface area contributed by atoms with E-state index in [-0.39, 0.29) is 11.8 Å². The van der Waals surface area contributed by atoms with Crippen LogP contribution in [0.2, 0.25) is 0 Å². The Morgan fingerprint density at radius 2 is 1.66 bits per heavy atom. The summed E-state index contributed by atoms with van der Waals surface area (Å²) in [4.78, 5) is 29.6. The summed E-state index contributed by atoms with van der Waals surface area (Å²) in [7, 11) is 0. The summed E-state index contributed by atoms with van der Waals surface area (Å²) in [6, 6.07) is 20.6. The van der Waals surface area contributed by atoms with Crippen LogP contribution in [0.5, 0.6) is 0 Å². The second kappa shape index (κ2) is 8.81. The van der Waals surface area contributed by atoms with E-state index in [0.29, 0.717) is 22.1 Å². The third-order valence-electron chi connectivity index (χ3n) is 4.21. The van der Waals surface area contributed by atoms with E-state index in [0.717, 1.165) is 16.8 Å². The van der Waals surface area contributed by atoms with Gasteiger partial charge in [-0.1, -0.05) is 48.5 Å². The van der Waals surface area contributed by atoms with Crippen molar-refractivity contribution in [2.45, 2.75) is 6.54 Å². The predicted molar refractivity (Wildman–Crippen MR) is 117 cm³/mol. The first-order chi connectivity index (χ1) is 14.2. The lowest BCUT2D eigenvalue weighted by Gasteiger charge is -2.06. The van der Waals surface area contributed by atoms with E-state index < -0.39 is 0 Å². The van der Waals surface area contributed by atoms with E-state index in [9.17, 15) is 9.59 Å². The quantitative estimate of drug-likeness (QED) is 0.459. The highest BCUT2D eigenvalue weighted by atomic mass is 32.1. The molecule has 0 saturated carbocycles. The van der Waals surface area contributed by atoms with E-state index in [1.807, 2.05) is 59.3 Å². The molecule has 0 aliphatic heterocycles. The summed E-state index contributed by atoms with van der Waals surface area (Å²) in [5.41, 5.74) is 3.31. The van der Waals surface area contributed by atoms with Gasteiger partial charge >= 0.3 is 0 Å². The number of carbonyl (C=O) groups excluding carboxylic acids is 2. The zero-order valence-corrected chi connectivity index (χ0v) is 16.9. The number of amides is 2. The molecule has 29 heavy (non-hydrogen) atoms. The molecule has 2 aromatic carbocycles. The second-order valence-electron chi connectivity index (χ2n) is 6.21. The molecule has 0 fully saturated rings. The van der Waals surface area contributed by atoms with Crippen molar-refractivity contribution in [2.75, 3.05) is 5.32 Å². The van der Waals surface area contributed by atoms with E-state index in [1.54, 1.807) is 18.2 Å². The van der Waals surface area contributed by atoms with Crippen molar-refractivity contribution in [2.24, 2.45) is 0 Å². The van der Waals surface area contributed by atoms with E-state index in [4.69, 9.17) is 0 Å². The molecule has 0 radical (unpaired) electrons. The Bertz CT molecular complexity index is 1100. The number of nitrogens with one attached hydrogen (secondary N) is 2. The number of thiophene rings is 1. The maximum absolute atomic E-state index is 12.5. The second-order valence-corrected chi connectivity index (χ2v) is 8.02. The number of anilines is 1. The smallest absolute Gasteiger partial charge is 0.261 e. The molecule has 0 spiro atoms. The minimum Gasteiger partial charge on any atom is -0.347 e. The highest BCUT2D eigenvalue weighted by Crippen LogP contribution is 2.25. The third kappa shape index (κ3) is 4.77. The molecular formula is C22H17N3O2S2. The number of rotatable bonds is 6. The summed E-state index contributed by atoms with van der Waals surface area (Å²) in [6.45, 7) is 0.408. The van der Waals surface area contributed by atoms with Gasteiger partial charge in [0.1, 0.15) is 0 Å². The molecule has 0 unspecified atom stereocenters. The summed E-state index contributed by atoms with van der Waals surface area (Å²) < 4.78 is 0. The summed E-state index contributed by atoms with van der Waals surface area (Å²) in [5, 5.41) is 10.1. The lowest BCUT2D eigenvalue weighted by atomic mass is 10.1. The van der Waals surface area contributed by atoms with Gasteiger partial charge in [-0.3, -0.25) is 14.9 Å². The van der Waals surface area contributed by atoms with Gasteiger partial charge < -0.3 is 5.32 Å². The zero-order chi connectivity index (χ0) is 20.1. The van der Waals surface area contributed by atoms with Gasteiger partial charge in [0.15, 0.2) is 5.13 Å². The van der Waals surface area contributed by atoms with Gasteiger partial charge in [0.05, 0.1) is 10.6 Å². The molecule has 4 rings (SSSR count). The van der Waals surface area contributed by atoms with E-state index in [2.05, 4.69) is 15.6 Å². The maximum Gasteiger partial charge on any atom is 0.261 e. The fourth-order valence-corrected chi connectivity index (χ4v) is 4.05. The van der Waals surface area contributed by atoms with Gasteiger partial charge in [0.25, 0.3) is 11.8 Å². The van der Waals surface area contributed by atoms with Gasteiger partial charge in [0, 0.05) is 23.1 Å². The molecular weight excluding hydrogens is 402 g/mol. The van der Waals surface area contributed by atoms with Crippen molar-refractivity contribution < 1.29 is 9.59 Å². The van der Waals surface area contributed by atoms with E-state index >= 15 is 0 Å². The topological polar surface area (TPSA) is 71.1 Å². The van der Waals surface area contributed by atoms with Crippen LogP contribution >= 0.6 is 22.7 Å². The van der Waals surface area contributed by atoms with Crippen LogP contribution in [-0.2, 0) is 6.54 Å². The summed E-state index contributed by atoms with van der Waals surface area (Å²) in [5.74, 6) is -0.312. The minimum atomic E-state index is -0.215. The highest BCUT2D eigenvalue weighted by molar-refractivity contribution is 7.14. The number of aromatic nitrogens is 1. The average Bonchev–Trinajstić information content (AvgIpc) is 3.45. The number of carbonyl (C=O) groups is 2. The SMILES string of the molecule is O=C(Nc1nc(-c2ccccc2)cs1)c1ccc(CNC(=O)c2cccs2)cc1. The molecule has 4 aromatic rings. The Kier molecular flexibility index (Phi) is 5.79. The van der Waals surface area contributed by atoms with Crippen LogP contribution in [0.3, 0.4) is 0 Å². The minimum absolute atomic E-state index is 0.0974. The van der Waals surface area contributed by atoms with Gasteiger partial charge in [-0.05, 0) is 29.1 Å². The Morgan fingerprint density at radius 3 is 2.38 bits per heavy atom. The molecule has 5 nitrogen and oxygen atoms in total. The third-order valence-corrected chi connectivity index (χ3v) is 5.83. The standard InChI is InChI=1S/C22H17N3O2S2/c26-20(25-22-24-18(14-29-22)16-5-2-1-3-6-16)17-10-8-15(9-11-17)13-23-21(27)19-7-4-12-28-19/h1-12,14H,13H2,(H,23,27)(H,24,25,26). The van der Waals surface area contributed by atoms with Crippen LogP contribution in [-0.4, -0.2) is 16.8 Å². The fraction of sp³-hybridized carbons (Fsp3) is 0.0455. The number of hydrogen-bond acceptors (Lipinski definition) is 5. The van der Waals surface area contributed by atoms with Gasteiger partial charge in [-0.25, -0.2) is 4.98 Å². The Hall–Kier alpha value is -3.29. The molecule has 0 bridgehead atoms. The molecule has 0 aliphatic rings. The number of thiazole rings is 1. The van der Waals surface area contributed by atoms with Gasteiger partial charge in [0.2, 0.25) is 0 Å². The number of hydrogen-bond donors (Lipinski definition) is 2. The zero-order valence-electron chi connectivity index (χ0n) is 15.3. The van der Waals surface area contributed by atoms with Gasteiger partial charge in [-0.15, -0.1) is 22.7 Å². The van der Waals surface area contributed by atoms with Crippen LogP contribution in [0.25, 0.3) is 11.3 Å². The first kappa shape index (κ1) is 19.0. The molecule has 7 heteroatoms. The number of nitrogens with zero attached hydrogens (tertiary/aromatic N) is 1. The van der Waals surface area contributed by atoms with Crippen molar-refractivity contribution in [1.29, 1.82) is 0 Å².